The number of pyridine rings is 1. The van der Waals surface area contributed by atoms with Crippen molar-refractivity contribution in [1.29, 1.82) is 0 Å². The topological polar surface area (TPSA) is 81.2 Å². The molecule has 0 aliphatic carbocycles. The van der Waals surface area contributed by atoms with Gasteiger partial charge in [-0.2, -0.15) is 0 Å². The number of aromatic nitrogens is 2. The second kappa shape index (κ2) is 6.84. The zero-order valence-corrected chi connectivity index (χ0v) is 14.2. The van der Waals surface area contributed by atoms with Gasteiger partial charge in [0.2, 0.25) is 0 Å². The number of nitrogens with one attached hydrogen (secondary N) is 1. The number of hydrogen-bond donors (Lipinski definition) is 1. The van der Waals surface area contributed by atoms with E-state index >= 15 is 0 Å². The number of fused-ring (bicyclic) bond motifs is 1. The minimum absolute atomic E-state index is 0.188. The average Bonchev–Trinajstić information content (AvgIpc) is 3.32. The van der Waals surface area contributed by atoms with Gasteiger partial charge in [0, 0.05) is 6.54 Å². The molecule has 26 heavy (non-hydrogen) atoms. The van der Waals surface area contributed by atoms with Crippen LogP contribution in [0.4, 0.5) is 0 Å². The number of hydrogen-bond acceptors (Lipinski definition) is 5. The number of nitrogens with zero attached hydrogens (tertiary/aromatic N) is 2. The van der Waals surface area contributed by atoms with E-state index in [4.69, 9.17) is 8.94 Å². The number of benzene rings is 1. The second-order valence-corrected chi connectivity index (χ2v) is 5.97. The van der Waals surface area contributed by atoms with E-state index in [1.54, 1.807) is 31.4 Å². The first-order valence-corrected chi connectivity index (χ1v) is 8.35. The number of carbonyl (C=O) groups excluding carboxylic acids is 1. The molecule has 0 saturated carbocycles. The Kier molecular flexibility index (Phi) is 4.23. The molecule has 4 aromatic rings. The van der Waals surface area contributed by atoms with E-state index in [2.05, 4.69) is 15.5 Å². The highest BCUT2D eigenvalue weighted by molar-refractivity contribution is 6.06. The number of aryl methyl sites for hydroxylation is 1. The largest absolute Gasteiger partial charge is 0.463 e. The first kappa shape index (κ1) is 16.1. The predicted molar refractivity (Wildman–Crippen MR) is 96.7 cm³/mol. The van der Waals surface area contributed by atoms with E-state index < -0.39 is 0 Å². The maximum Gasteiger partial charge on any atom is 0.259 e. The van der Waals surface area contributed by atoms with E-state index in [-0.39, 0.29) is 5.91 Å². The summed E-state index contributed by atoms with van der Waals surface area (Å²) in [6.45, 7) is 2.33. The fourth-order valence-corrected chi connectivity index (χ4v) is 2.88. The minimum atomic E-state index is -0.188. The van der Waals surface area contributed by atoms with E-state index in [1.165, 1.54) is 5.56 Å². The SMILES string of the molecule is Cc1noc2nc(-c3ccco3)cc(C(=O)NCCc3ccccc3)c12. The van der Waals surface area contributed by atoms with Crippen molar-refractivity contribution in [3.05, 3.63) is 71.6 Å². The van der Waals surface area contributed by atoms with Gasteiger partial charge in [0.05, 0.1) is 22.9 Å². The van der Waals surface area contributed by atoms with E-state index in [9.17, 15) is 4.79 Å². The van der Waals surface area contributed by atoms with Gasteiger partial charge in [-0.15, -0.1) is 0 Å². The Labute approximate surface area is 149 Å². The summed E-state index contributed by atoms with van der Waals surface area (Å²) in [7, 11) is 0. The maximum atomic E-state index is 12.8. The molecular formula is C20H17N3O3. The molecule has 3 heterocycles. The standard InChI is InChI=1S/C20H17N3O3/c1-13-18-15(19(24)21-10-9-14-6-3-2-4-7-14)12-16(17-8-5-11-25-17)22-20(18)26-23-13/h2-8,11-12H,9-10H2,1H3,(H,21,24). The van der Waals surface area contributed by atoms with Gasteiger partial charge in [0.25, 0.3) is 11.6 Å². The van der Waals surface area contributed by atoms with Crippen molar-refractivity contribution in [3.8, 4) is 11.5 Å². The van der Waals surface area contributed by atoms with Crippen molar-refractivity contribution in [2.24, 2.45) is 0 Å². The molecule has 1 amide bonds. The average molecular weight is 347 g/mol. The quantitative estimate of drug-likeness (QED) is 0.594. The van der Waals surface area contributed by atoms with Crippen LogP contribution in [-0.4, -0.2) is 22.6 Å². The highest BCUT2D eigenvalue weighted by Gasteiger charge is 2.19. The number of furan rings is 1. The Balaban J connectivity index is 1.61. The summed E-state index contributed by atoms with van der Waals surface area (Å²) < 4.78 is 10.7. The summed E-state index contributed by atoms with van der Waals surface area (Å²) in [6.07, 6.45) is 2.32. The van der Waals surface area contributed by atoms with Crippen LogP contribution < -0.4 is 5.32 Å². The lowest BCUT2D eigenvalue weighted by molar-refractivity contribution is 0.0955. The normalized spacial score (nSPS) is 11.0. The third-order valence-electron chi connectivity index (χ3n) is 4.18. The summed E-state index contributed by atoms with van der Waals surface area (Å²) in [6, 6.07) is 15.3. The molecule has 0 radical (unpaired) electrons. The number of carbonyl (C=O) groups is 1. The van der Waals surface area contributed by atoms with E-state index in [0.29, 0.717) is 40.4 Å². The van der Waals surface area contributed by atoms with Crippen LogP contribution in [0, 0.1) is 6.92 Å². The van der Waals surface area contributed by atoms with Crippen molar-refractivity contribution >= 4 is 17.0 Å². The highest BCUT2D eigenvalue weighted by Crippen LogP contribution is 2.27. The molecule has 0 unspecified atom stereocenters. The lowest BCUT2D eigenvalue weighted by Gasteiger charge is -2.07. The smallest absolute Gasteiger partial charge is 0.259 e. The van der Waals surface area contributed by atoms with E-state index in [0.717, 1.165) is 6.42 Å². The van der Waals surface area contributed by atoms with Gasteiger partial charge in [-0.1, -0.05) is 35.5 Å². The van der Waals surface area contributed by atoms with Gasteiger partial charge < -0.3 is 14.3 Å². The van der Waals surface area contributed by atoms with Crippen LogP contribution in [0.3, 0.4) is 0 Å². The fraction of sp³-hybridized carbons (Fsp3) is 0.150. The molecule has 0 saturated heterocycles. The molecule has 1 N–H and O–H groups in total. The fourth-order valence-electron chi connectivity index (χ4n) is 2.88. The van der Waals surface area contributed by atoms with Gasteiger partial charge in [0.15, 0.2) is 5.76 Å². The van der Waals surface area contributed by atoms with Crippen LogP contribution in [0.25, 0.3) is 22.6 Å². The Hall–Kier alpha value is -3.41. The molecule has 6 nitrogen and oxygen atoms in total. The molecule has 3 aromatic heterocycles. The molecule has 0 aliphatic rings. The van der Waals surface area contributed by atoms with E-state index in [1.807, 2.05) is 30.3 Å². The first-order valence-electron chi connectivity index (χ1n) is 8.35. The van der Waals surface area contributed by atoms with Gasteiger partial charge in [0.1, 0.15) is 5.69 Å². The first-order chi connectivity index (χ1) is 12.7. The predicted octanol–water partition coefficient (Wildman–Crippen LogP) is 3.76. The monoisotopic (exact) mass is 347 g/mol. The Morgan fingerprint density at radius 2 is 2.00 bits per heavy atom. The summed E-state index contributed by atoms with van der Waals surface area (Å²) in [5.41, 5.74) is 3.14. The van der Waals surface area contributed by atoms with Gasteiger partial charge in [-0.05, 0) is 37.1 Å². The minimum Gasteiger partial charge on any atom is -0.463 e. The molecule has 6 heteroatoms. The maximum absolute atomic E-state index is 12.8. The van der Waals surface area contributed by atoms with Crippen molar-refractivity contribution in [1.82, 2.24) is 15.5 Å². The molecule has 0 aliphatic heterocycles. The van der Waals surface area contributed by atoms with Crippen LogP contribution in [0.15, 0.2) is 63.7 Å². The van der Waals surface area contributed by atoms with Crippen LogP contribution in [-0.2, 0) is 6.42 Å². The van der Waals surface area contributed by atoms with Crippen LogP contribution in [0.2, 0.25) is 0 Å². The zero-order chi connectivity index (χ0) is 17.9. The van der Waals surface area contributed by atoms with Crippen molar-refractivity contribution in [2.75, 3.05) is 6.54 Å². The molecule has 0 bridgehead atoms. The molecule has 1 aromatic carbocycles. The summed E-state index contributed by atoms with van der Waals surface area (Å²) in [5.74, 6) is 0.381. The summed E-state index contributed by atoms with van der Waals surface area (Å²) >= 11 is 0. The molecule has 0 atom stereocenters. The number of amides is 1. The number of rotatable bonds is 5. The Bertz CT molecular complexity index is 1040. The molecule has 130 valence electrons. The van der Waals surface area contributed by atoms with Crippen molar-refractivity contribution in [3.63, 3.8) is 0 Å². The molecule has 4 rings (SSSR count). The third kappa shape index (κ3) is 3.09. The second-order valence-electron chi connectivity index (χ2n) is 5.97. The van der Waals surface area contributed by atoms with Gasteiger partial charge >= 0.3 is 0 Å². The van der Waals surface area contributed by atoms with Crippen LogP contribution >= 0.6 is 0 Å². The van der Waals surface area contributed by atoms with Crippen LogP contribution in [0.1, 0.15) is 21.6 Å². The van der Waals surface area contributed by atoms with Crippen molar-refractivity contribution in [2.45, 2.75) is 13.3 Å². The molecule has 0 spiro atoms. The summed E-state index contributed by atoms with van der Waals surface area (Å²) in [4.78, 5) is 17.2. The van der Waals surface area contributed by atoms with Crippen LogP contribution in [0.5, 0.6) is 0 Å². The lowest BCUT2D eigenvalue weighted by Crippen LogP contribution is -2.26. The van der Waals surface area contributed by atoms with Gasteiger partial charge in [-0.3, -0.25) is 4.79 Å². The van der Waals surface area contributed by atoms with Crippen molar-refractivity contribution < 1.29 is 13.7 Å². The molecular weight excluding hydrogens is 330 g/mol. The third-order valence-corrected chi connectivity index (χ3v) is 4.18. The summed E-state index contributed by atoms with van der Waals surface area (Å²) in [5, 5.41) is 7.53. The Morgan fingerprint density at radius 3 is 2.77 bits per heavy atom. The van der Waals surface area contributed by atoms with Gasteiger partial charge in [-0.25, -0.2) is 4.98 Å². The highest BCUT2D eigenvalue weighted by atomic mass is 16.5. The Morgan fingerprint density at radius 1 is 1.15 bits per heavy atom. The molecule has 0 fully saturated rings. The zero-order valence-electron chi connectivity index (χ0n) is 14.2. The lowest BCUT2D eigenvalue weighted by atomic mass is 10.1.